The standard InChI is InChI=1S/C47H29N3O/c1-3-13-30(14-4-1)34-20-11-21-35(27-34)46-48-45(33-17-5-2-6-18-33)49-47(50-46)36-28-41(39-24-12-19-31-15-7-9-22-37(31)39)43-40-26-25-32-16-8-10-23-38(32)44(40)51-42(43)29-36/h1-29H. The first-order valence-electron chi connectivity index (χ1n) is 17.1. The lowest BCUT2D eigenvalue weighted by molar-refractivity contribution is 0.673. The highest BCUT2D eigenvalue weighted by Crippen LogP contribution is 2.43. The van der Waals surface area contributed by atoms with Crippen LogP contribution in [0.1, 0.15) is 0 Å². The molecule has 0 saturated carbocycles. The molecule has 2 heterocycles. The number of benzene rings is 8. The quantitative estimate of drug-likeness (QED) is 0.186. The predicted octanol–water partition coefficient (Wildman–Crippen LogP) is 12.4. The van der Waals surface area contributed by atoms with E-state index in [1.54, 1.807) is 0 Å². The monoisotopic (exact) mass is 651 g/mol. The summed E-state index contributed by atoms with van der Waals surface area (Å²) in [5.41, 5.74) is 8.80. The maximum absolute atomic E-state index is 6.83. The van der Waals surface area contributed by atoms with Gasteiger partial charge in [-0.25, -0.2) is 15.0 Å². The van der Waals surface area contributed by atoms with Crippen molar-refractivity contribution in [2.24, 2.45) is 0 Å². The number of nitrogens with zero attached hydrogens (tertiary/aromatic N) is 3. The van der Waals surface area contributed by atoms with Gasteiger partial charge in [0, 0.05) is 32.8 Å². The number of furan rings is 1. The third kappa shape index (κ3) is 5.04. The molecule has 0 saturated heterocycles. The zero-order valence-electron chi connectivity index (χ0n) is 27.5. The van der Waals surface area contributed by atoms with Crippen molar-refractivity contribution in [3.63, 3.8) is 0 Å². The van der Waals surface area contributed by atoms with E-state index in [9.17, 15) is 0 Å². The largest absolute Gasteiger partial charge is 0.455 e. The fraction of sp³-hybridized carbons (Fsp3) is 0. The Hall–Kier alpha value is -6.91. The molecular weight excluding hydrogens is 623 g/mol. The van der Waals surface area contributed by atoms with Gasteiger partial charge in [-0.3, -0.25) is 0 Å². The van der Waals surface area contributed by atoms with E-state index in [4.69, 9.17) is 19.4 Å². The molecule has 51 heavy (non-hydrogen) atoms. The summed E-state index contributed by atoms with van der Waals surface area (Å²) >= 11 is 0. The number of rotatable bonds is 5. The molecule has 0 N–H and O–H groups in total. The van der Waals surface area contributed by atoms with Gasteiger partial charge in [-0.2, -0.15) is 0 Å². The third-order valence-electron chi connectivity index (χ3n) is 9.70. The Morgan fingerprint density at radius 3 is 1.69 bits per heavy atom. The lowest BCUT2D eigenvalue weighted by Gasteiger charge is -2.12. The topological polar surface area (TPSA) is 51.8 Å². The summed E-state index contributed by atoms with van der Waals surface area (Å²) in [5.74, 6) is 1.81. The summed E-state index contributed by atoms with van der Waals surface area (Å²) in [6.07, 6.45) is 0. The van der Waals surface area contributed by atoms with Gasteiger partial charge in [0.25, 0.3) is 0 Å². The van der Waals surface area contributed by atoms with Gasteiger partial charge in [0.05, 0.1) is 0 Å². The fourth-order valence-corrected chi connectivity index (χ4v) is 7.25. The first-order chi connectivity index (χ1) is 25.3. The molecule has 0 amide bonds. The van der Waals surface area contributed by atoms with Gasteiger partial charge in [0.15, 0.2) is 17.5 Å². The highest BCUT2D eigenvalue weighted by molar-refractivity contribution is 6.21. The van der Waals surface area contributed by atoms with Crippen molar-refractivity contribution in [1.82, 2.24) is 15.0 Å². The van der Waals surface area contributed by atoms with Crippen LogP contribution in [0.4, 0.5) is 0 Å². The lowest BCUT2D eigenvalue weighted by Crippen LogP contribution is -2.00. The van der Waals surface area contributed by atoms with Crippen LogP contribution in [0.3, 0.4) is 0 Å². The minimum absolute atomic E-state index is 0.581. The summed E-state index contributed by atoms with van der Waals surface area (Å²) in [7, 11) is 0. The second kappa shape index (κ2) is 11.9. The number of fused-ring (bicyclic) bond motifs is 6. The highest BCUT2D eigenvalue weighted by Gasteiger charge is 2.20. The lowest BCUT2D eigenvalue weighted by atomic mass is 9.92. The first-order valence-corrected chi connectivity index (χ1v) is 17.1. The summed E-state index contributed by atoms with van der Waals surface area (Å²) in [6.45, 7) is 0. The van der Waals surface area contributed by atoms with Crippen LogP contribution in [0, 0.1) is 0 Å². The normalized spacial score (nSPS) is 11.5. The van der Waals surface area contributed by atoms with E-state index in [-0.39, 0.29) is 0 Å². The Morgan fingerprint density at radius 2 is 0.902 bits per heavy atom. The molecule has 0 unspecified atom stereocenters. The van der Waals surface area contributed by atoms with Gasteiger partial charge in [0.2, 0.25) is 0 Å². The van der Waals surface area contributed by atoms with Gasteiger partial charge >= 0.3 is 0 Å². The van der Waals surface area contributed by atoms with Crippen molar-refractivity contribution in [2.75, 3.05) is 0 Å². The van der Waals surface area contributed by atoms with Crippen molar-refractivity contribution in [1.29, 1.82) is 0 Å². The Kier molecular flexibility index (Phi) is 6.78. The van der Waals surface area contributed by atoms with E-state index in [0.717, 1.165) is 71.7 Å². The van der Waals surface area contributed by atoms with E-state index < -0.39 is 0 Å². The molecule has 8 aromatic carbocycles. The maximum Gasteiger partial charge on any atom is 0.164 e. The van der Waals surface area contributed by atoms with Crippen molar-refractivity contribution in [3.8, 4) is 56.4 Å². The molecule has 2 aromatic heterocycles. The van der Waals surface area contributed by atoms with E-state index in [1.165, 1.54) is 10.8 Å². The van der Waals surface area contributed by atoms with Gasteiger partial charge in [-0.05, 0) is 62.7 Å². The van der Waals surface area contributed by atoms with E-state index in [0.29, 0.717) is 17.5 Å². The van der Waals surface area contributed by atoms with Crippen LogP contribution in [0.25, 0.3) is 99.9 Å². The molecule has 0 aliphatic carbocycles. The minimum Gasteiger partial charge on any atom is -0.455 e. The minimum atomic E-state index is 0.581. The van der Waals surface area contributed by atoms with E-state index >= 15 is 0 Å². The molecule has 0 aliphatic heterocycles. The number of hydrogen-bond acceptors (Lipinski definition) is 4. The SMILES string of the molecule is c1ccc(-c2cccc(-c3nc(-c4ccccc4)nc(-c4cc(-c5cccc6ccccc56)c5c(c4)oc4c6ccccc6ccc45)n3)c2)cc1. The predicted molar refractivity (Wildman–Crippen MR) is 209 cm³/mol. The second-order valence-electron chi connectivity index (χ2n) is 12.8. The number of hydrogen-bond donors (Lipinski definition) is 0. The van der Waals surface area contributed by atoms with Gasteiger partial charge in [0.1, 0.15) is 11.2 Å². The van der Waals surface area contributed by atoms with Crippen molar-refractivity contribution < 1.29 is 4.42 Å². The summed E-state index contributed by atoms with van der Waals surface area (Å²) in [5, 5.41) is 6.74. The Morgan fingerprint density at radius 1 is 0.333 bits per heavy atom. The summed E-state index contributed by atoms with van der Waals surface area (Å²) in [4.78, 5) is 15.3. The van der Waals surface area contributed by atoms with Crippen molar-refractivity contribution >= 4 is 43.5 Å². The fourth-order valence-electron chi connectivity index (χ4n) is 7.25. The molecule has 0 atom stereocenters. The summed E-state index contributed by atoms with van der Waals surface area (Å²) in [6, 6.07) is 61.0. The van der Waals surface area contributed by atoms with Crippen LogP contribution in [-0.2, 0) is 0 Å². The Bertz CT molecular complexity index is 2910. The molecule has 4 heteroatoms. The van der Waals surface area contributed by atoms with Gasteiger partial charge in [-0.15, -0.1) is 0 Å². The van der Waals surface area contributed by atoms with Crippen LogP contribution >= 0.6 is 0 Å². The molecule has 10 rings (SSSR count). The molecule has 0 fully saturated rings. The molecular formula is C47H29N3O. The third-order valence-corrected chi connectivity index (χ3v) is 9.70. The summed E-state index contributed by atoms with van der Waals surface area (Å²) < 4.78 is 6.83. The van der Waals surface area contributed by atoms with E-state index in [1.807, 2.05) is 36.4 Å². The maximum atomic E-state index is 6.83. The van der Waals surface area contributed by atoms with Crippen LogP contribution in [-0.4, -0.2) is 15.0 Å². The molecule has 0 aliphatic rings. The molecule has 238 valence electrons. The molecule has 0 radical (unpaired) electrons. The van der Waals surface area contributed by atoms with Crippen LogP contribution < -0.4 is 0 Å². The van der Waals surface area contributed by atoms with E-state index in [2.05, 4.69) is 140 Å². The Balaban J connectivity index is 1.26. The zero-order chi connectivity index (χ0) is 33.7. The average Bonchev–Trinajstić information content (AvgIpc) is 3.60. The molecule has 10 aromatic rings. The molecule has 4 nitrogen and oxygen atoms in total. The zero-order valence-corrected chi connectivity index (χ0v) is 27.5. The van der Waals surface area contributed by atoms with Gasteiger partial charge in [-0.1, -0.05) is 152 Å². The van der Waals surface area contributed by atoms with Crippen LogP contribution in [0.15, 0.2) is 180 Å². The molecule has 0 bridgehead atoms. The van der Waals surface area contributed by atoms with Crippen LogP contribution in [0.5, 0.6) is 0 Å². The van der Waals surface area contributed by atoms with Crippen molar-refractivity contribution in [2.45, 2.75) is 0 Å². The average molecular weight is 652 g/mol. The highest BCUT2D eigenvalue weighted by atomic mass is 16.3. The van der Waals surface area contributed by atoms with Gasteiger partial charge < -0.3 is 4.42 Å². The number of aromatic nitrogens is 3. The second-order valence-corrected chi connectivity index (χ2v) is 12.8. The van der Waals surface area contributed by atoms with Crippen LogP contribution in [0.2, 0.25) is 0 Å². The molecule has 0 spiro atoms. The smallest absolute Gasteiger partial charge is 0.164 e. The Labute approximate surface area is 294 Å². The first kappa shape index (κ1) is 29.0. The van der Waals surface area contributed by atoms with Crippen molar-refractivity contribution in [3.05, 3.63) is 176 Å².